The SMILES string of the molecule is CC(N)Cc1cc2c(s1)CCC2. The van der Waals surface area contributed by atoms with E-state index in [9.17, 15) is 0 Å². The number of thiophene rings is 1. The average molecular weight is 181 g/mol. The van der Waals surface area contributed by atoms with Gasteiger partial charge in [-0.2, -0.15) is 0 Å². The van der Waals surface area contributed by atoms with Crippen LogP contribution in [0.5, 0.6) is 0 Å². The van der Waals surface area contributed by atoms with Gasteiger partial charge in [0.15, 0.2) is 0 Å². The molecule has 1 aliphatic rings. The van der Waals surface area contributed by atoms with Crippen LogP contribution in [0.15, 0.2) is 6.07 Å². The Bertz CT molecular complexity index is 254. The molecule has 0 radical (unpaired) electrons. The number of rotatable bonds is 2. The van der Waals surface area contributed by atoms with Crippen molar-refractivity contribution in [2.45, 2.75) is 38.6 Å². The molecule has 1 aromatic rings. The van der Waals surface area contributed by atoms with Gasteiger partial charge in [0.05, 0.1) is 0 Å². The number of hydrogen-bond donors (Lipinski definition) is 1. The van der Waals surface area contributed by atoms with Crippen LogP contribution < -0.4 is 5.73 Å². The quantitative estimate of drug-likeness (QED) is 0.743. The lowest BCUT2D eigenvalue weighted by atomic mass is 10.2. The molecule has 0 aliphatic heterocycles. The molecule has 0 bridgehead atoms. The molecule has 0 spiro atoms. The highest BCUT2D eigenvalue weighted by Crippen LogP contribution is 2.30. The summed E-state index contributed by atoms with van der Waals surface area (Å²) in [7, 11) is 0. The molecule has 12 heavy (non-hydrogen) atoms. The third-order valence-electron chi connectivity index (χ3n) is 2.32. The van der Waals surface area contributed by atoms with Crippen molar-refractivity contribution >= 4 is 11.3 Å². The zero-order valence-corrected chi connectivity index (χ0v) is 8.29. The highest BCUT2D eigenvalue weighted by molar-refractivity contribution is 7.12. The molecular weight excluding hydrogens is 166 g/mol. The molecule has 1 nitrogen and oxygen atoms in total. The van der Waals surface area contributed by atoms with Crippen molar-refractivity contribution in [2.24, 2.45) is 5.73 Å². The smallest absolute Gasteiger partial charge is 0.00802 e. The predicted molar refractivity (Wildman–Crippen MR) is 53.7 cm³/mol. The first-order valence-electron chi connectivity index (χ1n) is 4.62. The largest absolute Gasteiger partial charge is 0.328 e. The van der Waals surface area contributed by atoms with Crippen LogP contribution in [0.4, 0.5) is 0 Å². The first kappa shape index (κ1) is 8.27. The molecule has 1 aliphatic carbocycles. The predicted octanol–water partition coefficient (Wildman–Crippen LogP) is 2.13. The van der Waals surface area contributed by atoms with Crippen molar-refractivity contribution < 1.29 is 0 Å². The van der Waals surface area contributed by atoms with Crippen molar-refractivity contribution in [3.8, 4) is 0 Å². The van der Waals surface area contributed by atoms with E-state index < -0.39 is 0 Å². The summed E-state index contributed by atoms with van der Waals surface area (Å²) in [5, 5.41) is 0. The van der Waals surface area contributed by atoms with E-state index in [0.717, 1.165) is 6.42 Å². The molecule has 1 heterocycles. The van der Waals surface area contributed by atoms with Crippen molar-refractivity contribution in [3.05, 3.63) is 21.4 Å². The number of hydrogen-bond acceptors (Lipinski definition) is 2. The van der Waals surface area contributed by atoms with Gasteiger partial charge in [-0.1, -0.05) is 0 Å². The Balaban J connectivity index is 2.15. The highest BCUT2D eigenvalue weighted by atomic mass is 32.1. The van der Waals surface area contributed by atoms with Gasteiger partial charge in [0, 0.05) is 15.8 Å². The van der Waals surface area contributed by atoms with Gasteiger partial charge in [0.2, 0.25) is 0 Å². The molecule has 0 fully saturated rings. The van der Waals surface area contributed by atoms with Crippen LogP contribution in [0.2, 0.25) is 0 Å². The molecule has 0 saturated carbocycles. The molecule has 66 valence electrons. The van der Waals surface area contributed by atoms with Gasteiger partial charge in [-0.15, -0.1) is 11.3 Å². The maximum Gasteiger partial charge on any atom is 0.00802 e. The van der Waals surface area contributed by atoms with Crippen molar-refractivity contribution in [1.29, 1.82) is 0 Å². The van der Waals surface area contributed by atoms with Crippen LogP contribution in [0.25, 0.3) is 0 Å². The van der Waals surface area contributed by atoms with Gasteiger partial charge in [-0.3, -0.25) is 0 Å². The zero-order valence-electron chi connectivity index (χ0n) is 7.47. The van der Waals surface area contributed by atoms with E-state index >= 15 is 0 Å². The summed E-state index contributed by atoms with van der Waals surface area (Å²) in [6, 6.07) is 2.67. The summed E-state index contributed by atoms with van der Waals surface area (Å²) < 4.78 is 0. The van der Waals surface area contributed by atoms with Crippen molar-refractivity contribution in [1.82, 2.24) is 0 Å². The topological polar surface area (TPSA) is 26.0 Å². The Hall–Kier alpha value is -0.340. The molecule has 1 unspecified atom stereocenters. The standard InChI is InChI=1S/C10H15NS/c1-7(11)5-9-6-8-3-2-4-10(8)12-9/h6-7H,2-5,11H2,1H3. The minimum Gasteiger partial charge on any atom is -0.328 e. The second kappa shape index (κ2) is 3.19. The van der Waals surface area contributed by atoms with E-state index in [4.69, 9.17) is 5.73 Å². The molecule has 2 N–H and O–H groups in total. The lowest BCUT2D eigenvalue weighted by Crippen LogP contribution is -2.16. The van der Waals surface area contributed by atoms with E-state index in [0.29, 0.717) is 6.04 Å². The first-order chi connectivity index (χ1) is 5.75. The average Bonchev–Trinajstić information content (AvgIpc) is 2.43. The number of fused-ring (bicyclic) bond motifs is 1. The van der Waals surface area contributed by atoms with Crippen LogP contribution in [0.1, 0.15) is 28.7 Å². The lowest BCUT2D eigenvalue weighted by molar-refractivity contribution is 0.746. The van der Waals surface area contributed by atoms with Gasteiger partial charge in [0.25, 0.3) is 0 Å². The van der Waals surface area contributed by atoms with E-state index in [1.165, 1.54) is 24.1 Å². The maximum absolute atomic E-state index is 5.75. The molecule has 2 rings (SSSR count). The van der Waals surface area contributed by atoms with Crippen LogP contribution in [-0.4, -0.2) is 6.04 Å². The number of nitrogens with two attached hydrogens (primary N) is 1. The summed E-state index contributed by atoms with van der Waals surface area (Å²) in [5.41, 5.74) is 7.34. The van der Waals surface area contributed by atoms with Crippen LogP contribution in [-0.2, 0) is 19.3 Å². The van der Waals surface area contributed by atoms with E-state index in [1.54, 1.807) is 10.4 Å². The van der Waals surface area contributed by atoms with Crippen LogP contribution in [0.3, 0.4) is 0 Å². The molecule has 1 atom stereocenters. The Morgan fingerprint density at radius 3 is 3.08 bits per heavy atom. The van der Waals surface area contributed by atoms with E-state index in [-0.39, 0.29) is 0 Å². The molecule has 0 saturated heterocycles. The fourth-order valence-corrected chi connectivity index (χ4v) is 3.21. The molecular formula is C10H15NS. The summed E-state index contributed by atoms with van der Waals surface area (Å²) in [5.74, 6) is 0. The number of aryl methyl sites for hydroxylation is 2. The van der Waals surface area contributed by atoms with E-state index in [2.05, 4.69) is 13.0 Å². The summed E-state index contributed by atoms with van der Waals surface area (Å²) in [6.07, 6.45) is 5.01. The van der Waals surface area contributed by atoms with Crippen molar-refractivity contribution in [2.75, 3.05) is 0 Å². The van der Waals surface area contributed by atoms with Gasteiger partial charge >= 0.3 is 0 Å². The monoisotopic (exact) mass is 181 g/mol. The third kappa shape index (κ3) is 1.54. The summed E-state index contributed by atoms with van der Waals surface area (Å²) >= 11 is 1.97. The maximum atomic E-state index is 5.75. The Morgan fingerprint density at radius 2 is 2.42 bits per heavy atom. The van der Waals surface area contributed by atoms with Crippen LogP contribution in [0, 0.1) is 0 Å². The molecule has 1 aromatic heterocycles. The lowest BCUT2D eigenvalue weighted by Gasteiger charge is -2.00. The fourth-order valence-electron chi connectivity index (χ4n) is 1.81. The zero-order chi connectivity index (χ0) is 8.55. The Kier molecular flexibility index (Phi) is 2.20. The van der Waals surface area contributed by atoms with Gasteiger partial charge in [-0.05, 0) is 44.2 Å². The summed E-state index contributed by atoms with van der Waals surface area (Å²) in [4.78, 5) is 3.10. The Morgan fingerprint density at radius 1 is 1.58 bits per heavy atom. The fraction of sp³-hybridized carbons (Fsp3) is 0.600. The normalized spacial score (nSPS) is 17.8. The van der Waals surface area contributed by atoms with Gasteiger partial charge in [0.1, 0.15) is 0 Å². The second-order valence-electron chi connectivity index (χ2n) is 3.70. The molecule has 2 heteroatoms. The first-order valence-corrected chi connectivity index (χ1v) is 5.43. The highest BCUT2D eigenvalue weighted by Gasteiger charge is 2.14. The second-order valence-corrected chi connectivity index (χ2v) is 4.92. The minimum atomic E-state index is 0.309. The molecule has 0 amide bonds. The summed E-state index contributed by atoms with van der Waals surface area (Å²) in [6.45, 7) is 2.07. The van der Waals surface area contributed by atoms with Gasteiger partial charge < -0.3 is 5.73 Å². The van der Waals surface area contributed by atoms with E-state index in [1.807, 2.05) is 11.3 Å². The van der Waals surface area contributed by atoms with Gasteiger partial charge in [-0.25, -0.2) is 0 Å². The van der Waals surface area contributed by atoms with Crippen LogP contribution >= 0.6 is 11.3 Å². The third-order valence-corrected chi connectivity index (χ3v) is 3.58. The minimum absolute atomic E-state index is 0.309. The van der Waals surface area contributed by atoms with Crippen molar-refractivity contribution in [3.63, 3.8) is 0 Å². The Labute approximate surface area is 77.6 Å². The molecule has 0 aromatic carbocycles.